The van der Waals surface area contributed by atoms with E-state index in [0.717, 1.165) is 37.5 Å². The van der Waals surface area contributed by atoms with Gasteiger partial charge in [0.05, 0.1) is 22.6 Å². The number of aromatic nitrogens is 2. The number of carbonyl (C=O) groups is 1. The van der Waals surface area contributed by atoms with E-state index in [0.29, 0.717) is 26.9 Å². The number of piperidine rings is 3. The first-order chi connectivity index (χ1) is 14.6. The third-order valence-corrected chi connectivity index (χ3v) is 9.03. The molecule has 6 rings (SSSR count). The molecule has 7 heteroatoms. The molecule has 4 atom stereocenters. The zero-order valence-corrected chi connectivity index (χ0v) is 18.2. The van der Waals surface area contributed by atoms with Gasteiger partial charge in [-0.1, -0.05) is 18.1 Å². The molecule has 1 aliphatic carbocycles. The number of aromatic amines is 1. The third kappa shape index (κ3) is 2.74. The maximum Gasteiger partial charge on any atom is 0.264 e. The molecule has 30 heavy (non-hydrogen) atoms. The lowest BCUT2D eigenvalue weighted by molar-refractivity contribution is 0.00160. The summed E-state index contributed by atoms with van der Waals surface area (Å²) in [4.78, 5) is 39.2. The van der Waals surface area contributed by atoms with Gasteiger partial charge < -0.3 is 9.88 Å². The summed E-state index contributed by atoms with van der Waals surface area (Å²) in [6.45, 7) is 5.04. The van der Waals surface area contributed by atoms with Crippen LogP contribution in [0.4, 0.5) is 0 Å². The molecule has 3 saturated heterocycles. The van der Waals surface area contributed by atoms with Crippen LogP contribution in [0.5, 0.6) is 0 Å². The Labute approximate surface area is 180 Å². The van der Waals surface area contributed by atoms with E-state index < -0.39 is 0 Å². The number of rotatable bonds is 1. The Morgan fingerprint density at radius 1 is 1.27 bits per heavy atom. The fraction of sp³-hybridized carbons (Fsp3) is 0.609. The Bertz CT molecular complexity index is 1100. The second-order valence-corrected chi connectivity index (χ2v) is 10.5. The van der Waals surface area contributed by atoms with E-state index in [1.54, 1.807) is 0 Å². The number of likely N-dealkylation sites (tertiary alicyclic amines) is 1. The first kappa shape index (κ1) is 18.8. The highest BCUT2D eigenvalue weighted by Gasteiger charge is 2.47. The SMILES string of the molecule is Cc1c(C(=O)N2CCCC3=C[C@H]4C[C@H](CN5CCCC[C@@H]45)[C@@H]32)sc2nc[nH]c(=O)c12. The molecule has 0 spiro atoms. The normalized spacial score (nSPS) is 31.2. The largest absolute Gasteiger partial charge is 0.331 e. The Morgan fingerprint density at radius 3 is 3.03 bits per heavy atom. The van der Waals surface area contributed by atoms with E-state index in [4.69, 9.17) is 0 Å². The molecule has 6 nitrogen and oxygen atoms in total. The molecule has 5 heterocycles. The lowest BCUT2D eigenvalue weighted by Gasteiger charge is -2.54. The van der Waals surface area contributed by atoms with E-state index in [2.05, 4.69) is 25.8 Å². The third-order valence-electron chi connectivity index (χ3n) is 7.85. The molecule has 0 radical (unpaired) electrons. The monoisotopic (exact) mass is 424 g/mol. The summed E-state index contributed by atoms with van der Waals surface area (Å²) in [7, 11) is 0. The van der Waals surface area contributed by atoms with Crippen molar-refractivity contribution < 1.29 is 4.79 Å². The van der Waals surface area contributed by atoms with Gasteiger partial charge in [-0.15, -0.1) is 11.3 Å². The van der Waals surface area contributed by atoms with Gasteiger partial charge in [-0.2, -0.15) is 0 Å². The lowest BCUT2D eigenvalue weighted by atomic mass is 9.68. The van der Waals surface area contributed by atoms with Gasteiger partial charge in [0.15, 0.2) is 0 Å². The zero-order chi connectivity index (χ0) is 20.4. The van der Waals surface area contributed by atoms with E-state index in [9.17, 15) is 9.59 Å². The van der Waals surface area contributed by atoms with Gasteiger partial charge in [-0.05, 0) is 63.0 Å². The van der Waals surface area contributed by atoms with Crippen LogP contribution in [0.2, 0.25) is 0 Å². The summed E-state index contributed by atoms with van der Waals surface area (Å²) in [5.74, 6) is 1.29. The maximum absolute atomic E-state index is 13.8. The smallest absolute Gasteiger partial charge is 0.264 e. The first-order valence-corrected chi connectivity index (χ1v) is 12.2. The number of thiophene rings is 1. The van der Waals surface area contributed by atoms with Gasteiger partial charge in [0, 0.05) is 19.1 Å². The highest BCUT2D eigenvalue weighted by atomic mass is 32.1. The fourth-order valence-electron chi connectivity index (χ4n) is 6.61. The number of hydrogen-bond donors (Lipinski definition) is 1. The molecule has 0 aromatic carbocycles. The van der Waals surface area contributed by atoms with Crippen LogP contribution in [-0.2, 0) is 0 Å². The van der Waals surface area contributed by atoms with Gasteiger partial charge in [0.1, 0.15) is 4.83 Å². The predicted octanol–water partition coefficient (Wildman–Crippen LogP) is 3.33. The predicted molar refractivity (Wildman–Crippen MR) is 118 cm³/mol. The average molecular weight is 425 g/mol. The van der Waals surface area contributed by atoms with Crippen molar-refractivity contribution >= 4 is 27.5 Å². The Hall–Kier alpha value is -1.99. The highest BCUT2D eigenvalue weighted by molar-refractivity contribution is 7.20. The fourth-order valence-corrected chi connectivity index (χ4v) is 7.72. The van der Waals surface area contributed by atoms with E-state index in [-0.39, 0.29) is 17.5 Å². The van der Waals surface area contributed by atoms with Crippen LogP contribution in [-0.4, -0.2) is 57.4 Å². The number of nitrogens with zero attached hydrogens (tertiary/aromatic N) is 3. The molecular formula is C23H28N4O2S. The minimum Gasteiger partial charge on any atom is -0.331 e. The molecule has 2 aromatic heterocycles. The average Bonchev–Trinajstić information content (AvgIpc) is 3.10. The van der Waals surface area contributed by atoms with Crippen LogP contribution in [0.3, 0.4) is 0 Å². The summed E-state index contributed by atoms with van der Waals surface area (Å²) in [6.07, 6.45) is 11.3. The summed E-state index contributed by atoms with van der Waals surface area (Å²) in [5, 5.41) is 0.566. The number of fused-ring (bicyclic) bond motifs is 7. The molecule has 1 amide bonds. The van der Waals surface area contributed by atoms with Gasteiger partial charge in [0.25, 0.3) is 11.5 Å². The van der Waals surface area contributed by atoms with Gasteiger partial charge in [-0.3, -0.25) is 14.5 Å². The number of H-pyrrole nitrogens is 1. The second-order valence-electron chi connectivity index (χ2n) is 9.47. The molecule has 2 aromatic rings. The number of nitrogens with one attached hydrogen (secondary N) is 1. The van der Waals surface area contributed by atoms with Crippen LogP contribution < -0.4 is 5.56 Å². The molecule has 3 aliphatic heterocycles. The first-order valence-electron chi connectivity index (χ1n) is 11.3. The zero-order valence-electron chi connectivity index (χ0n) is 17.4. The number of carbonyl (C=O) groups excluding carboxylic acids is 1. The summed E-state index contributed by atoms with van der Waals surface area (Å²) < 4.78 is 0. The standard InChI is InChI=1S/C23H28N4O2S/c1-13-18-21(28)24-12-25-22(18)30-20(13)23(29)27-8-4-5-14-9-15-10-16(19(14)27)11-26-7-3-2-6-17(15)26/h9,12,15-17,19H,2-8,10-11H2,1H3,(H,24,25,28)/t15-,16+,17-,19+/m0/s1. The van der Waals surface area contributed by atoms with Crippen LogP contribution in [0, 0.1) is 18.8 Å². The summed E-state index contributed by atoms with van der Waals surface area (Å²) in [6, 6.07) is 0.943. The summed E-state index contributed by atoms with van der Waals surface area (Å²) >= 11 is 1.37. The van der Waals surface area contributed by atoms with E-state index in [1.807, 2.05) is 6.92 Å². The van der Waals surface area contributed by atoms with Gasteiger partial charge in [-0.25, -0.2) is 4.98 Å². The molecule has 158 valence electrons. The highest BCUT2D eigenvalue weighted by Crippen LogP contribution is 2.45. The van der Waals surface area contributed by atoms with Crippen LogP contribution in [0.1, 0.15) is 53.8 Å². The Morgan fingerprint density at radius 2 is 2.17 bits per heavy atom. The van der Waals surface area contributed by atoms with Crippen molar-refractivity contribution in [3.63, 3.8) is 0 Å². The van der Waals surface area contributed by atoms with Crippen molar-refractivity contribution in [1.29, 1.82) is 0 Å². The molecule has 0 unspecified atom stereocenters. The number of aryl methyl sites for hydroxylation is 1. The van der Waals surface area contributed by atoms with Gasteiger partial charge in [0.2, 0.25) is 0 Å². The van der Waals surface area contributed by atoms with E-state index in [1.165, 1.54) is 55.5 Å². The minimum atomic E-state index is -0.157. The molecule has 4 aliphatic rings. The van der Waals surface area contributed by atoms with Crippen molar-refractivity contribution in [3.05, 3.63) is 38.8 Å². The Kier molecular flexibility index (Phi) is 4.39. The lowest BCUT2D eigenvalue weighted by Crippen LogP contribution is -2.60. The van der Waals surface area contributed by atoms with Crippen molar-refractivity contribution in [2.24, 2.45) is 11.8 Å². The quantitative estimate of drug-likeness (QED) is 0.713. The van der Waals surface area contributed by atoms with Crippen molar-refractivity contribution in [2.75, 3.05) is 19.6 Å². The van der Waals surface area contributed by atoms with Gasteiger partial charge >= 0.3 is 0 Å². The van der Waals surface area contributed by atoms with Crippen LogP contribution in [0.25, 0.3) is 10.2 Å². The topological polar surface area (TPSA) is 69.3 Å². The van der Waals surface area contributed by atoms with Crippen LogP contribution >= 0.6 is 11.3 Å². The maximum atomic E-state index is 13.8. The van der Waals surface area contributed by atoms with Crippen molar-refractivity contribution in [3.8, 4) is 0 Å². The number of hydrogen-bond acceptors (Lipinski definition) is 5. The number of amides is 1. The minimum absolute atomic E-state index is 0.0877. The molecule has 0 saturated carbocycles. The second kappa shape index (κ2) is 7.02. The summed E-state index contributed by atoms with van der Waals surface area (Å²) in [5.41, 5.74) is 2.12. The van der Waals surface area contributed by atoms with Crippen molar-refractivity contribution in [2.45, 2.75) is 57.5 Å². The molecule has 1 N–H and O–H groups in total. The molecule has 2 bridgehead atoms. The Balaban J connectivity index is 1.37. The van der Waals surface area contributed by atoms with Crippen LogP contribution in [0.15, 0.2) is 22.8 Å². The molecule has 3 fully saturated rings. The van der Waals surface area contributed by atoms with E-state index >= 15 is 0 Å². The van der Waals surface area contributed by atoms with Crippen molar-refractivity contribution in [1.82, 2.24) is 19.8 Å². The molecular weight excluding hydrogens is 396 g/mol.